The summed E-state index contributed by atoms with van der Waals surface area (Å²) in [6.45, 7) is 7.27. The third kappa shape index (κ3) is 2.24. The van der Waals surface area contributed by atoms with Crippen molar-refractivity contribution in [3.05, 3.63) is 42.5 Å². The average Bonchev–Trinajstić information content (AvgIpc) is 2.95. The lowest BCUT2D eigenvalue weighted by Gasteiger charge is -2.12. The van der Waals surface area contributed by atoms with Gasteiger partial charge in [-0.3, -0.25) is 0 Å². The van der Waals surface area contributed by atoms with Gasteiger partial charge < -0.3 is 5.32 Å². The molecular formula is C13H17N. The van der Waals surface area contributed by atoms with Crippen molar-refractivity contribution < 1.29 is 0 Å². The van der Waals surface area contributed by atoms with Crippen LogP contribution in [0.1, 0.15) is 25.3 Å². The van der Waals surface area contributed by atoms with Crippen molar-refractivity contribution in [1.29, 1.82) is 0 Å². The normalized spacial score (nSPS) is 17.8. The Morgan fingerprint density at radius 2 is 2.00 bits per heavy atom. The van der Waals surface area contributed by atoms with E-state index < -0.39 is 0 Å². The second-order valence-corrected chi connectivity index (χ2v) is 4.38. The Balaban J connectivity index is 1.90. The van der Waals surface area contributed by atoms with Gasteiger partial charge in [0, 0.05) is 12.1 Å². The molecule has 1 aromatic carbocycles. The van der Waals surface area contributed by atoms with Gasteiger partial charge in [-0.1, -0.05) is 36.9 Å². The maximum atomic E-state index is 4.09. The fourth-order valence-corrected chi connectivity index (χ4v) is 1.46. The highest BCUT2D eigenvalue weighted by Gasteiger charge is 2.36. The Kier molecular flexibility index (Phi) is 2.42. The summed E-state index contributed by atoms with van der Waals surface area (Å²) in [5.74, 6) is 0. The molecule has 0 radical (unpaired) electrons. The monoisotopic (exact) mass is 187 g/mol. The molecule has 1 heteroatoms. The summed E-state index contributed by atoms with van der Waals surface area (Å²) < 4.78 is 0. The predicted molar refractivity (Wildman–Crippen MR) is 61.1 cm³/mol. The molecule has 1 aliphatic rings. The lowest BCUT2D eigenvalue weighted by atomic mass is 10.1. The Labute approximate surface area is 85.8 Å². The SMILES string of the molecule is C=C(CNC1(C)CC1)c1ccccc1. The topological polar surface area (TPSA) is 12.0 Å². The first-order valence-corrected chi connectivity index (χ1v) is 5.18. The van der Waals surface area contributed by atoms with Crippen LogP contribution >= 0.6 is 0 Å². The largest absolute Gasteiger partial charge is 0.307 e. The van der Waals surface area contributed by atoms with Crippen LogP contribution < -0.4 is 5.32 Å². The third-order valence-electron chi connectivity index (χ3n) is 2.91. The minimum absolute atomic E-state index is 0.401. The van der Waals surface area contributed by atoms with Crippen molar-refractivity contribution in [2.24, 2.45) is 0 Å². The summed E-state index contributed by atoms with van der Waals surface area (Å²) in [7, 11) is 0. The van der Waals surface area contributed by atoms with E-state index >= 15 is 0 Å². The molecule has 0 aromatic heterocycles. The Morgan fingerprint density at radius 3 is 2.57 bits per heavy atom. The van der Waals surface area contributed by atoms with Crippen LogP contribution in [-0.4, -0.2) is 12.1 Å². The molecule has 0 spiro atoms. The zero-order valence-electron chi connectivity index (χ0n) is 8.72. The van der Waals surface area contributed by atoms with E-state index in [-0.39, 0.29) is 0 Å². The molecule has 1 nitrogen and oxygen atoms in total. The van der Waals surface area contributed by atoms with Gasteiger partial charge in [-0.25, -0.2) is 0 Å². The molecule has 0 atom stereocenters. The van der Waals surface area contributed by atoms with Gasteiger partial charge in [0.15, 0.2) is 0 Å². The van der Waals surface area contributed by atoms with E-state index in [9.17, 15) is 0 Å². The first-order valence-electron chi connectivity index (χ1n) is 5.18. The van der Waals surface area contributed by atoms with Crippen LogP contribution in [0.3, 0.4) is 0 Å². The minimum Gasteiger partial charge on any atom is -0.307 e. The van der Waals surface area contributed by atoms with E-state index in [4.69, 9.17) is 0 Å². The molecule has 0 unspecified atom stereocenters. The van der Waals surface area contributed by atoms with Crippen LogP contribution in [0.25, 0.3) is 5.57 Å². The molecule has 0 amide bonds. The van der Waals surface area contributed by atoms with Crippen molar-refractivity contribution in [1.82, 2.24) is 5.32 Å². The fourth-order valence-electron chi connectivity index (χ4n) is 1.46. The van der Waals surface area contributed by atoms with Gasteiger partial charge >= 0.3 is 0 Å². The van der Waals surface area contributed by atoms with Gasteiger partial charge in [0.25, 0.3) is 0 Å². The Morgan fingerprint density at radius 1 is 1.36 bits per heavy atom. The van der Waals surface area contributed by atoms with E-state index in [0.717, 1.165) is 6.54 Å². The van der Waals surface area contributed by atoms with E-state index in [1.165, 1.54) is 24.0 Å². The summed E-state index contributed by atoms with van der Waals surface area (Å²) >= 11 is 0. The number of rotatable bonds is 4. The highest BCUT2D eigenvalue weighted by molar-refractivity contribution is 5.64. The van der Waals surface area contributed by atoms with Gasteiger partial charge in [-0.15, -0.1) is 0 Å². The smallest absolute Gasteiger partial charge is 0.0210 e. The Bertz CT molecular complexity index is 322. The standard InChI is InChI=1S/C13H17N/c1-11(10-14-13(2)8-9-13)12-6-4-3-5-7-12/h3-7,14H,1,8-10H2,2H3. The van der Waals surface area contributed by atoms with Gasteiger partial charge in [0.1, 0.15) is 0 Å². The van der Waals surface area contributed by atoms with Crippen molar-refractivity contribution in [2.45, 2.75) is 25.3 Å². The molecule has 1 N–H and O–H groups in total. The van der Waals surface area contributed by atoms with Crippen molar-refractivity contribution >= 4 is 5.57 Å². The van der Waals surface area contributed by atoms with Crippen molar-refractivity contribution in [3.63, 3.8) is 0 Å². The number of hydrogen-bond acceptors (Lipinski definition) is 1. The van der Waals surface area contributed by atoms with Gasteiger partial charge in [-0.05, 0) is 30.9 Å². The predicted octanol–water partition coefficient (Wildman–Crippen LogP) is 2.84. The van der Waals surface area contributed by atoms with Gasteiger partial charge in [0.2, 0.25) is 0 Å². The lowest BCUT2D eigenvalue weighted by molar-refractivity contribution is 0.580. The zero-order chi connectivity index (χ0) is 10.0. The quantitative estimate of drug-likeness (QED) is 0.764. The van der Waals surface area contributed by atoms with Crippen LogP contribution in [0.2, 0.25) is 0 Å². The molecule has 1 fully saturated rings. The van der Waals surface area contributed by atoms with Crippen LogP contribution in [0.5, 0.6) is 0 Å². The third-order valence-corrected chi connectivity index (χ3v) is 2.91. The maximum Gasteiger partial charge on any atom is 0.0210 e. The van der Waals surface area contributed by atoms with Gasteiger partial charge in [0.05, 0.1) is 0 Å². The Hall–Kier alpha value is -1.08. The minimum atomic E-state index is 0.401. The lowest BCUT2D eigenvalue weighted by Crippen LogP contribution is -2.29. The number of hydrogen-bond donors (Lipinski definition) is 1. The van der Waals surface area contributed by atoms with Crippen molar-refractivity contribution in [3.8, 4) is 0 Å². The highest BCUT2D eigenvalue weighted by Crippen LogP contribution is 2.34. The first-order chi connectivity index (χ1) is 6.70. The molecule has 1 saturated carbocycles. The van der Waals surface area contributed by atoms with Crippen LogP contribution in [-0.2, 0) is 0 Å². The molecule has 0 saturated heterocycles. The summed E-state index contributed by atoms with van der Waals surface area (Å²) in [6.07, 6.45) is 2.60. The first kappa shape index (κ1) is 9.47. The molecule has 0 bridgehead atoms. The van der Waals surface area contributed by atoms with Crippen LogP contribution in [0.4, 0.5) is 0 Å². The molecular weight excluding hydrogens is 170 g/mol. The second-order valence-electron chi connectivity index (χ2n) is 4.38. The summed E-state index contributed by atoms with van der Waals surface area (Å²) in [6, 6.07) is 10.4. The number of benzene rings is 1. The van der Waals surface area contributed by atoms with E-state index in [0.29, 0.717) is 5.54 Å². The fraction of sp³-hybridized carbons (Fsp3) is 0.385. The van der Waals surface area contributed by atoms with Crippen LogP contribution in [0.15, 0.2) is 36.9 Å². The molecule has 14 heavy (non-hydrogen) atoms. The summed E-state index contributed by atoms with van der Waals surface area (Å²) in [5.41, 5.74) is 2.82. The average molecular weight is 187 g/mol. The van der Waals surface area contributed by atoms with E-state index in [1.54, 1.807) is 0 Å². The molecule has 0 aliphatic heterocycles. The number of nitrogens with one attached hydrogen (secondary N) is 1. The maximum absolute atomic E-state index is 4.09. The molecule has 1 aliphatic carbocycles. The highest BCUT2D eigenvalue weighted by atomic mass is 15.0. The molecule has 0 heterocycles. The second kappa shape index (κ2) is 3.58. The van der Waals surface area contributed by atoms with E-state index in [2.05, 4.69) is 43.1 Å². The van der Waals surface area contributed by atoms with Gasteiger partial charge in [-0.2, -0.15) is 0 Å². The van der Waals surface area contributed by atoms with Crippen LogP contribution in [0, 0.1) is 0 Å². The molecule has 1 aromatic rings. The summed E-state index contributed by atoms with van der Waals surface area (Å²) in [5, 5.41) is 3.53. The molecule has 2 rings (SSSR count). The molecule has 74 valence electrons. The summed E-state index contributed by atoms with van der Waals surface area (Å²) in [4.78, 5) is 0. The van der Waals surface area contributed by atoms with E-state index in [1.807, 2.05) is 6.07 Å². The van der Waals surface area contributed by atoms with Crippen molar-refractivity contribution in [2.75, 3.05) is 6.54 Å². The zero-order valence-corrected chi connectivity index (χ0v) is 8.72.